The Kier molecular flexibility index (Phi) is 4.23. The average molecular weight is 389 g/mol. The molecule has 1 aliphatic heterocycles. The number of halogens is 1. The fourth-order valence-corrected chi connectivity index (χ4v) is 4.35. The van der Waals surface area contributed by atoms with Crippen LogP contribution in [0.25, 0.3) is 11.2 Å². The van der Waals surface area contributed by atoms with Crippen molar-refractivity contribution in [2.45, 2.75) is 22.3 Å². The molecule has 0 bridgehead atoms. The van der Waals surface area contributed by atoms with Crippen molar-refractivity contribution in [3.05, 3.63) is 11.6 Å². The normalized spacial score (nSPS) is 29.0. The molecular weight excluding hydrogens is 376 g/mol. The molecule has 0 spiro atoms. The minimum absolute atomic E-state index is 0.0147. The predicted octanol–water partition coefficient (Wildman–Crippen LogP) is -1.57. The van der Waals surface area contributed by atoms with Gasteiger partial charge in [-0.15, -0.1) is 11.8 Å². The molecular formula is C12H13ClN6O5S. The molecule has 134 valence electrons. The van der Waals surface area contributed by atoms with E-state index in [1.54, 1.807) is 0 Å². The fraction of sp³-hybridized carbons (Fsp3) is 0.417. The smallest absolute Gasteiger partial charge is 0.334 e. The second kappa shape index (κ2) is 5.98. The van der Waals surface area contributed by atoms with Crippen molar-refractivity contribution >= 4 is 52.2 Å². The quantitative estimate of drug-likeness (QED) is 0.272. The van der Waals surface area contributed by atoms with Crippen molar-refractivity contribution in [3.63, 3.8) is 0 Å². The summed E-state index contributed by atoms with van der Waals surface area (Å²) in [4.78, 5) is 35.8. The van der Waals surface area contributed by atoms with Crippen LogP contribution < -0.4 is 11.5 Å². The van der Waals surface area contributed by atoms with E-state index in [2.05, 4.69) is 19.7 Å². The lowest BCUT2D eigenvalue weighted by Crippen LogP contribution is -2.56. The molecule has 4 atom stereocenters. The number of carbonyl (C=O) groups is 2. The van der Waals surface area contributed by atoms with Crippen LogP contribution in [0.2, 0.25) is 5.28 Å². The second-order valence-corrected chi connectivity index (χ2v) is 6.94. The Bertz CT molecular complexity index is 877. The number of hydrogen-bond acceptors (Lipinski definition) is 10. The molecule has 25 heavy (non-hydrogen) atoms. The van der Waals surface area contributed by atoms with Crippen LogP contribution in [0.4, 0.5) is 5.82 Å². The molecule has 0 saturated carbocycles. The van der Waals surface area contributed by atoms with Gasteiger partial charge in [0.05, 0.1) is 13.4 Å². The molecule has 0 aliphatic carbocycles. The van der Waals surface area contributed by atoms with E-state index < -0.39 is 34.2 Å². The van der Waals surface area contributed by atoms with Gasteiger partial charge in [-0.3, -0.25) is 9.36 Å². The van der Waals surface area contributed by atoms with Crippen molar-refractivity contribution in [3.8, 4) is 0 Å². The number of esters is 1. The van der Waals surface area contributed by atoms with Gasteiger partial charge in [0, 0.05) is 0 Å². The molecule has 11 nitrogen and oxygen atoms in total. The Morgan fingerprint density at radius 2 is 2.12 bits per heavy atom. The third-order valence-corrected chi connectivity index (χ3v) is 5.79. The van der Waals surface area contributed by atoms with Crippen molar-refractivity contribution in [2.75, 3.05) is 12.8 Å². The summed E-state index contributed by atoms with van der Waals surface area (Å²) in [5.41, 5.74) is 11.4. The Balaban J connectivity index is 2.13. The van der Waals surface area contributed by atoms with Gasteiger partial charge >= 0.3 is 5.97 Å². The number of methoxy groups -OCH3 is 1. The molecule has 2 aromatic heterocycles. The van der Waals surface area contributed by atoms with Crippen LogP contribution >= 0.6 is 23.4 Å². The number of hydrogen-bond donors (Lipinski definition) is 4. The minimum Gasteiger partial charge on any atom is -0.468 e. The highest BCUT2D eigenvalue weighted by molar-refractivity contribution is 8.02. The van der Waals surface area contributed by atoms with Crippen LogP contribution in [-0.4, -0.2) is 65.7 Å². The highest BCUT2D eigenvalue weighted by Gasteiger charge is 2.64. The predicted molar refractivity (Wildman–Crippen MR) is 87.3 cm³/mol. The number of aliphatic hydroxyl groups is 2. The molecule has 1 aliphatic rings. The Morgan fingerprint density at radius 1 is 1.44 bits per heavy atom. The summed E-state index contributed by atoms with van der Waals surface area (Å²) in [5, 5.41) is 19.6. The molecule has 1 amide bonds. The lowest BCUT2D eigenvalue weighted by molar-refractivity contribution is -0.152. The fourth-order valence-electron chi connectivity index (χ4n) is 2.67. The van der Waals surface area contributed by atoms with Crippen LogP contribution in [0.15, 0.2) is 6.33 Å². The van der Waals surface area contributed by atoms with E-state index in [0.717, 1.165) is 7.11 Å². The van der Waals surface area contributed by atoms with E-state index in [-0.39, 0.29) is 22.3 Å². The van der Waals surface area contributed by atoms with E-state index >= 15 is 0 Å². The van der Waals surface area contributed by atoms with Crippen molar-refractivity contribution < 1.29 is 24.5 Å². The Morgan fingerprint density at radius 3 is 2.72 bits per heavy atom. The largest absolute Gasteiger partial charge is 0.468 e. The maximum Gasteiger partial charge on any atom is 0.334 e. The van der Waals surface area contributed by atoms with Gasteiger partial charge < -0.3 is 26.4 Å². The number of carbonyl (C=O) groups excluding carboxylic acids is 2. The number of thioether (sulfide) groups is 1. The number of imidazole rings is 1. The first kappa shape index (κ1) is 17.7. The summed E-state index contributed by atoms with van der Waals surface area (Å²) >= 11 is 6.42. The van der Waals surface area contributed by atoms with E-state index in [9.17, 15) is 19.8 Å². The number of nitrogens with two attached hydrogens (primary N) is 2. The number of amides is 1. The van der Waals surface area contributed by atoms with E-state index in [1.165, 1.54) is 10.9 Å². The maximum atomic E-state index is 12.1. The first-order valence-corrected chi connectivity index (χ1v) is 8.07. The summed E-state index contributed by atoms with van der Waals surface area (Å²) in [6.45, 7) is 0. The number of aliphatic hydroxyl groups excluding tert-OH is 2. The molecule has 0 unspecified atom stereocenters. The number of fused-ring (bicyclic) bond motifs is 1. The third-order valence-electron chi connectivity index (χ3n) is 3.89. The SMILES string of the molecule is COC(=O)[C@]1(C(N)=O)S[C@@H](n2cnc3c(N)nc(Cl)nc32)[C@H](O)[C@@H]1O. The summed E-state index contributed by atoms with van der Waals surface area (Å²) in [5.74, 6) is -2.20. The zero-order valence-corrected chi connectivity index (χ0v) is 14.2. The average Bonchev–Trinajstić information content (AvgIpc) is 3.08. The summed E-state index contributed by atoms with van der Waals surface area (Å²) in [6, 6.07) is 0. The second-order valence-electron chi connectivity index (χ2n) is 5.24. The Hall–Kier alpha value is -2.15. The molecule has 3 rings (SSSR count). The van der Waals surface area contributed by atoms with Crippen LogP contribution in [0, 0.1) is 0 Å². The van der Waals surface area contributed by atoms with Crippen LogP contribution in [-0.2, 0) is 14.3 Å². The van der Waals surface area contributed by atoms with Gasteiger partial charge in [-0.25, -0.2) is 9.78 Å². The van der Waals surface area contributed by atoms with Crippen LogP contribution in [0.1, 0.15) is 5.37 Å². The van der Waals surface area contributed by atoms with E-state index in [4.69, 9.17) is 23.1 Å². The van der Waals surface area contributed by atoms with Gasteiger partial charge in [0.2, 0.25) is 15.9 Å². The number of rotatable bonds is 3. The van der Waals surface area contributed by atoms with Crippen LogP contribution in [0.3, 0.4) is 0 Å². The van der Waals surface area contributed by atoms with E-state index in [1.807, 2.05) is 0 Å². The third kappa shape index (κ3) is 2.40. The molecule has 3 heterocycles. The lowest BCUT2D eigenvalue weighted by Gasteiger charge is -2.25. The molecule has 1 fully saturated rings. The molecule has 0 aromatic carbocycles. The van der Waals surface area contributed by atoms with Crippen molar-refractivity contribution in [2.24, 2.45) is 5.73 Å². The molecule has 13 heteroatoms. The van der Waals surface area contributed by atoms with Gasteiger partial charge in [-0.05, 0) is 11.6 Å². The highest BCUT2D eigenvalue weighted by atomic mass is 35.5. The molecule has 1 saturated heterocycles. The lowest BCUT2D eigenvalue weighted by atomic mass is 9.96. The summed E-state index contributed by atoms with van der Waals surface area (Å²) in [7, 11) is 1.04. The zero-order chi connectivity index (χ0) is 18.5. The van der Waals surface area contributed by atoms with Crippen molar-refractivity contribution in [1.29, 1.82) is 0 Å². The number of ether oxygens (including phenoxy) is 1. The monoisotopic (exact) mass is 388 g/mol. The van der Waals surface area contributed by atoms with Gasteiger partial charge in [0.1, 0.15) is 23.1 Å². The molecule has 2 aromatic rings. The number of primary amides is 1. The number of nitrogen functional groups attached to an aromatic ring is 1. The van der Waals surface area contributed by atoms with Crippen LogP contribution in [0.5, 0.6) is 0 Å². The van der Waals surface area contributed by atoms with Crippen molar-refractivity contribution in [1.82, 2.24) is 19.5 Å². The van der Waals surface area contributed by atoms with Gasteiger partial charge in [-0.1, -0.05) is 0 Å². The first-order valence-electron chi connectivity index (χ1n) is 6.81. The first-order chi connectivity index (χ1) is 11.7. The van der Waals surface area contributed by atoms with Gasteiger partial charge in [-0.2, -0.15) is 9.97 Å². The molecule has 6 N–H and O–H groups in total. The number of anilines is 1. The molecule has 0 radical (unpaired) electrons. The summed E-state index contributed by atoms with van der Waals surface area (Å²) in [6.07, 6.45) is -2.09. The number of nitrogens with zero attached hydrogens (tertiary/aromatic N) is 4. The summed E-state index contributed by atoms with van der Waals surface area (Å²) < 4.78 is 3.73. The Labute approximate surface area is 149 Å². The van der Waals surface area contributed by atoms with E-state index in [0.29, 0.717) is 11.8 Å². The van der Waals surface area contributed by atoms with Gasteiger partial charge in [0.25, 0.3) is 0 Å². The zero-order valence-electron chi connectivity index (χ0n) is 12.7. The highest BCUT2D eigenvalue weighted by Crippen LogP contribution is 2.50. The minimum atomic E-state index is -2.18. The topological polar surface area (TPSA) is 179 Å². The standard InChI is InChI=1S/C12H13ClN6O5S/c1-24-10(23)12(9(15)22)5(21)4(20)8(25-12)19-2-16-3-6(14)17-11(13)18-7(3)19/h2,4-5,8,20-21H,1H3,(H2,15,22)(H2,14,17,18)/t4-,5+,8-,12+/m1/s1. The number of aromatic nitrogens is 4. The maximum absolute atomic E-state index is 12.1. The van der Waals surface area contributed by atoms with Gasteiger partial charge in [0.15, 0.2) is 11.5 Å².